The quantitative estimate of drug-likeness (QED) is 0.797. The minimum Gasteiger partial charge on any atom is -0.350 e. The van der Waals surface area contributed by atoms with Crippen molar-refractivity contribution in [3.8, 4) is 6.07 Å². The molecule has 1 saturated heterocycles. The molecule has 1 aliphatic heterocycles. The summed E-state index contributed by atoms with van der Waals surface area (Å²) in [5.74, 6) is 0.868. The lowest BCUT2D eigenvalue weighted by molar-refractivity contribution is 0.410. The fourth-order valence-corrected chi connectivity index (χ4v) is 1.75. The van der Waals surface area contributed by atoms with E-state index in [-0.39, 0.29) is 0 Å². The number of hydrogen-bond donors (Lipinski definition) is 1. The zero-order valence-electron chi connectivity index (χ0n) is 9.35. The van der Waals surface area contributed by atoms with Gasteiger partial charge in [-0.25, -0.2) is 9.97 Å². The van der Waals surface area contributed by atoms with Crippen molar-refractivity contribution in [3.63, 3.8) is 0 Å². The maximum Gasteiger partial charge on any atom is 0.158 e. The summed E-state index contributed by atoms with van der Waals surface area (Å²) in [6.45, 7) is 5.13. The molecule has 16 heavy (non-hydrogen) atoms. The van der Waals surface area contributed by atoms with Crippen LogP contribution < -0.4 is 10.2 Å². The Balaban J connectivity index is 2.14. The molecule has 1 aromatic heterocycles. The number of aromatic nitrogens is 2. The maximum atomic E-state index is 8.66. The molecule has 0 radical (unpaired) electrons. The van der Waals surface area contributed by atoms with Crippen molar-refractivity contribution in [1.82, 2.24) is 15.3 Å². The van der Waals surface area contributed by atoms with Crippen molar-refractivity contribution >= 4 is 5.82 Å². The Morgan fingerprint density at radius 1 is 1.50 bits per heavy atom. The SMILES string of the molecule is CCCN(c1cnc(C#N)cn1)C1CNC1. The van der Waals surface area contributed by atoms with E-state index in [1.54, 1.807) is 6.20 Å². The van der Waals surface area contributed by atoms with Crippen LogP contribution in [0.1, 0.15) is 19.0 Å². The summed E-state index contributed by atoms with van der Waals surface area (Å²) in [7, 11) is 0. The van der Waals surface area contributed by atoms with Crippen molar-refractivity contribution in [3.05, 3.63) is 18.1 Å². The van der Waals surface area contributed by atoms with E-state index in [9.17, 15) is 0 Å². The molecule has 1 aliphatic rings. The molecule has 2 rings (SSSR count). The van der Waals surface area contributed by atoms with Crippen molar-refractivity contribution < 1.29 is 0 Å². The Bertz CT molecular complexity index is 376. The van der Waals surface area contributed by atoms with E-state index in [1.165, 1.54) is 6.20 Å². The van der Waals surface area contributed by atoms with Gasteiger partial charge in [-0.3, -0.25) is 0 Å². The molecule has 1 fully saturated rings. The number of hydrogen-bond acceptors (Lipinski definition) is 5. The topological polar surface area (TPSA) is 64.8 Å². The molecule has 2 heterocycles. The monoisotopic (exact) mass is 217 g/mol. The van der Waals surface area contributed by atoms with Gasteiger partial charge >= 0.3 is 0 Å². The van der Waals surface area contributed by atoms with Gasteiger partial charge in [0, 0.05) is 19.6 Å². The van der Waals surface area contributed by atoms with E-state index in [0.717, 1.165) is 31.9 Å². The highest BCUT2D eigenvalue weighted by Crippen LogP contribution is 2.15. The molecule has 0 spiro atoms. The summed E-state index contributed by atoms with van der Waals surface area (Å²) in [6, 6.07) is 2.49. The van der Waals surface area contributed by atoms with Crippen LogP contribution >= 0.6 is 0 Å². The molecule has 0 aromatic carbocycles. The first-order chi connectivity index (χ1) is 7.85. The average molecular weight is 217 g/mol. The second-order valence-electron chi connectivity index (χ2n) is 3.88. The lowest BCUT2D eigenvalue weighted by Crippen LogP contribution is -2.57. The van der Waals surface area contributed by atoms with Gasteiger partial charge in [0.15, 0.2) is 5.69 Å². The lowest BCUT2D eigenvalue weighted by atomic mass is 10.1. The first kappa shape index (κ1) is 10.8. The average Bonchev–Trinajstić information content (AvgIpc) is 2.26. The molecule has 84 valence electrons. The predicted octanol–water partition coefficient (Wildman–Crippen LogP) is 0.536. The van der Waals surface area contributed by atoms with Gasteiger partial charge in [0.05, 0.1) is 18.4 Å². The fraction of sp³-hybridized carbons (Fsp3) is 0.545. The first-order valence-electron chi connectivity index (χ1n) is 5.54. The minimum atomic E-state index is 0.368. The summed E-state index contributed by atoms with van der Waals surface area (Å²) < 4.78 is 0. The van der Waals surface area contributed by atoms with Crippen LogP contribution in [0.5, 0.6) is 0 Å². The molecule has 0 saturated carbocycles. The predicted molar refractivity (Wildman–Crippen MR) is 61.0 cm³/mol. The molecule has 0 atom stereocenters. The van der Waals surface area contributed by atoms with Crippen LogP contribution in [-0.4, -0.2) is 35.6 Å². The normalized spacial score (nSPS) is 15.2. The summed E-state index contributed by atoms with van der Waals surface area (Å²) >= 11 is 0. The van der Waals surface area contributed by atoms with Gasteiger partial charge in [0.1, 0.15) is 11.9 Å². The van der Waals surface area contributed by atoms with E-state index in [0.29, 0.717) is 11.7 Å². The summed E-state index contributed by atoms with van der Waals surface area (Å²) in [5.41, 5.74) is 0.368. The number of nitrogens with zero attached hydrogens (tertiary/aromatic N) is 4. The smallest absolute Gasteiger partial charge is 0.158 e. The Morgan fingerprint density at radius 3 is 2.75 bits per heavy atom. The molecule has 0 unspecified atom stereocenters. The molecule has 1 aromatic rings. The molecule has 5 nitrogen and oxygen atoms in total. The van der Waals surface area contributed by atoms with Crippen LogP contribution in [0.15, 0.2) is 12.4 Å². The van der Waals surface area contributed by atoms with E-state index < -0.39 is 0 Å². The van der Waals surface area contributed by atoms with E-state index in [1.807, 2.05) is 6.07 Å². The lowest BCUT2D eigenvalue weighted by Gasteiger charge is -2.38. The second-order valence-corrected chi connectivity index (χ2v) is 3.88. The van der Waals surface area contributed by atoms with Crippen LogP contribution in [0.4, 0.5) is 5.82 Å². The first-order valence-corrected chi connectivity index (χ1v) is 5.54. The van der Waals surface area contributed by atoms with E-state index >= 15 is 0 Å². The van der Waals surface area contributed by atoms with E-state index in [4.69, 9.17) is 5.26 Å². The van der Waals surface area contributed by atoms with Crippen LogP contribution in [0, 0.1) is 11.3 Å². The van der Waals surface area contributed by atoms with Gasteiger partial charge in [-0.15, -0.1) is 0 Å². The Kier molecular flexibility index (Phi) is 3.32. The van der Waals surface area contributed by atoms with Crippen molar-refractivity contribution in [2.45, 2.75) is 19.4 Å². The molecule has 5 heteroatoms. The van der Waals surface area contributed by atoms with Gasteiger partial charge < -0.3 is 10.2 Å². The van der Waals surface area contributed by atoms with Crippen LogP contribution in [0.2, 0.25) is 0 Å². The molecule has 1 N–H and O–H groups in total. The third-order valence-electron chi connectivity index (χ3n) is 2.71. The number of nitrogens with one attached hydrogen (secondary N) is 1. The van der Waals surface area contributed by atoms with Crippen LogP contribution in [-0.2, 0) is 0 Å². The molecular formula is C11H15N5. The van der Waals surface area contributed by atoms with Crippen molar-refractivity contribution in [1.29, 1.82) is 5.26 Å². The highest BCUT2D eigenvalue weighted by molar-refractivity contribution is 5.39. The maximum absolute atomic E-state index is 8.66. The second kappa shape index (κ2) is 4.90. The van der Waals surface area contributed by atoms with Crippen molar-refractivity contribution in [2.75, 3.05) is 24.5 Å². The number of anilines is 1. The standard InChI is InChI=1S/C11H15N5/c1-2-3-16(10-6-13-7-10)11-8-14-9(4-12)5-15-11/h5,8,10,13H,2-3,6-7H2,1H3. The van der Waals surface area contributed by atoms with Gasteiger partial charge in [-0.05, 0) is 6.42 Å². The van der Waals surface area contributed by atoms with Gasteiger partial charge in [0.2, 0.25) is 0 Å². The van der Waals surface area contributed by atoms with Crippen LogP contribution in [0.3, 0.4) is 0 Å². The third kappa shape index (κ3) is 2.12. The van der Waals surface area contributed by atoms with Gasteiger partial charge in [-0.1, -0.05) is 6.92 Å². The molecular weight excluding hydrogens is 202 g/mol. The zero-order chi connectivity index (χ0) is 11.4. The zero-order valence-corrected chi connectivity index (χ0v) is 9.35. The van der Waals surface area contributed by atoms with Crippen LogP contribution in [0.25, 0.3) is 0 Å². The third-order valence-corrected chi connectivity index (χ3v) is 2.71. The molecule has 0 aliphatic carbocycles. The van der Waals surface area contributed by atoms with Crippen molar-refractivity contribution in [2.24, 2.45) is 0 Å². The summed E-state index contributed by atoms with van der Waals surface area (Å²) in [4.78, 5) is 10.6. The highest BCUT2D eigenvalue weighted by Gasteiger charge is 2.25. The summed E-state index contributed by atoms with van der Waals surface area (Å²) in [5, 5.41) is 11.9. The Labute approximate surface area is 95.1 Å². The largest absolute Gasteiger partial charge is 0.350 e. The molecule has 0 bridgehead atoms. The molecule has 0 amide bonds. The van der Waals surface area contributed by atoms with E-state index in [2.05, 4.69) is 27.1 Å². The highest BCUT2D eigenvalue weighted by atomic mass is 15.3. The number of rotatable bonds is 4. The Hall–Kier alpha value is -1.67. The number of nitriles is 1. The van der Waals surface area contributed by atoms with Gasteiger partial charge in [-0.2, -0.15) is 5.26 Å². The summed E-state index contributed by atoms with van der Waals surface area (Å²) in [6.07, 6.45) is 4.30. The minimum absolute atomic E-state index is 0.368. The Morgan fingerprint density at radius 2 is 2.31 bits per heavy atom. The fourth-order valence-electron chi connectivity index (χ4n) is 1.75. The van der Waals surface area contributed by atoms with Gasteiger partial charge in [0.25, 0.3) is 0 Å².